The van der Waals surface area contributed by atoms with E-state index < -0.39 is 6.03 Å². The van der Waals surface area contributed by atoms with Crippen LogP contribution in [0.2, 0.25) is 0 Å². The molecule has 0 fully saturated rings. The molecule has 6 nitrogen and oxygen atoms in total. The summed E-state index contributed by atoms with van der Waals surface area (Å²) >= 11 is 1.46. The second kappa shape index (κ2) is 7.32. The maximum atomic E-state index is 11.9. The van der Waals surface area contributed by atoms with Crippen LogP contribution in [0.5, 0.6) is 11.5 Å². The standard InChI is InChI=1S/C16H21N3O3S/c1-10(2)14-8-18-16(23-14)19(15(17)20)9-11-7-12(21-3)5-6-13(11)22-4/h5-8,10H,9H2,1-4H3,(H2,17,20). The molecule has 0 bridgehead atoms. The number of ether oxygens (including phenoxy) is 2. The molecule has 0 radical (unpaired) electrons. The van der Waals surface area contributed by atoms with E-state index in [-0.39, 0.29) is 6.54 Å². The monoisotopic (exact) mass is 335 g/mol. The molecule has 0 aliphatic rings. The second-order valence-corrected chi connectivity index (χ2v) is 6.34. The summed E-state index contributed by atoms with van der Waals surface area (Å²) < 4.78 is 10.6. The van der Waals surface area contributed by atoms with Crippen molar-refractivity contribution in [2.24, 2.45) is 5.73 Å². The van der Waals surface area contributed by atoms with E-state index in [9.17, 15) is 4.79 Å². The third kappa shape index (κ3) is 3.92. The van der Waals surface area contributed by atoms with E-state index in [1.54, 1.807) is 32.5 Å². The minimum Gasteiger partial charge on any atom is -0.497 e. The Morgan fingerprint density at radius 2 is 2.09 bits per heavy atom. The normalized spacial score (nSPS) is 10.7. The average molecular weight is 335 g/mol. The number of carbonyl (C=O) groups is 1. The maximum Gasteiger partial charge on any atom is 0.321 e. The number of nitrogens with zero attached hydrogens (tertiary/aromatic N) is 2. The highest BCUT2D eigenvalue weighted by molar-refractivity contribution is 7.15. The lowest BCUT2D eigenvalue weighted by molar-refractivity contribution is 0.253. The topological polar surface area (TPSA) is 77.7 Å². The lowest BCUT2D eigenvalue weighted by Gasteiger charge is -2.19. The molecule has 2 rings (SSSR count). The molecule has 23 heavy (non-hydrogen) atoms. The van der Waals surface area contributed by atoms with Crippen LogP contribution in [-0.4, -0.2) is 25.2 Å². The first kappa shape index (κ1) is 17.1. The summed E-state index contributed by atoms with van der Waals surface area (Å²) in [5.41, 5.74) is 6.34. The minimum atomic E-state index is -0.556. The molecule has 2 N–H and O–H groups in total. The molecule has 2 amide bonds. The van der Waals surface area contributed by atoms with Crippen LogP contribution in [0.3, 0.4) is 0 Å². The van der Waals surface area contributed by atoms with Gasteiger partial charge in [0.15, 0.2) is 5.13 Å². The predicted octanol–water partition coefficient (Wildman–Crippen LogP) is 3.37. The molecule has 1 heterocycles. The smallest absolute Gasteiger partial charge is 0.321 e. The van der Waals surface area contributed by atoms with Crippen LogP contribution >= 0.6 is 11.3 Å². The molecule has 124 valence electrons. The summed E-state index contributed by atoms with van der Waals surface area (Å²) in [5, 5.41) is 0.575. The van der Waals surface area contributed by atoms with Gasteiger partial charge in [-0.05, 0) is 24.1 Å². The van der Waals surface area contributed by atoms with Crippen molar-refractivity contribution in [2.75, 3.05) is 19.1 Å². The fourth-order valence-electron chi connectivity index (χ4n) is 2.08. The van der Waals surface area contributed by atoms with Crippen LogP contribution in [0.1, 0.15) is 30.2 Å². The molecule has 0 spiro atoms. The highest BCUT2D eigenvalue weighted by atomic mass is 32.1. The quantitative estimate of drug-likeness (QED) is 0.878. The van der Waals surface area contributed by atoms with Crippen LogP contribution in [0.25, 0.3) is 0 Å². The van der Waals surface area contributed by atoms with Crippen LogP contribution in [0.4, 0.5) is 9.93 Å². The summed E-state index contributed by atoms with van der Waals surface area (Å²) in [4.78, 5) is 18.7. The summed E-state index contributed by atoms with van der Waals surface area (Å²) in [7, 11) is 3.17. The summed E-state index contributed by atoms with van der Waals surface area (Å²) in [6, 6.07) is 4.87. The van der Waals surface area contributed by atoms with Gasteiger partial charge in [0.05, 0.1) is 20.8 Å². The fourth-order valence-corrected chi connectivity index (χ4v) is 3.01. The Morgan fingerprint density at radius 3 is 2.61 bits per heavy atom. The molecule has 0 saturated heterocycles. The molecule has 1 aromatic carbocycles. The predicted molar refractivity (Wildman–Crippen MR) is 91.5 cm³/mol. The lowest BCUT2D eigenvalue weighted by atomic mass is 10.2. The number of rotatable bonds is 6. The van der Waals surface area contributed by atoms with E-state index in [4.69, 9.17) is 15.2 Å². The van der Waals surface area contributed by atoms with Gasteiger partial charge in [0.1, 0.15) is 11.5 Å². The van der Waals surface area contributed by atoms with Gasteiger partial charge < -0.3 is 15.2 Å². The Hall–Kier alpha value is -2.28. The van der Waals surface area contributed by atoms with Crippen molar-refractivity contribution in [1.29, 1.82) is 0 Å². The number of benzene rings is 1. The zero-order valence-corrected chi connectivity index (χ0v) is 14.5. The van der Waals surface area contributed by atoms with E-state index in [2.05, 4.69) is 18.8 Å². The first-order chi connectivity index (χ1) is 11.0. The number of amides is 2. The van der Waals surface area contributed by atoms with Crippen molar-refractivity contribution < 1.29 is 14.3 Å². The fraction of sp³-hybridized carbons (Fsp3) is 0.375. The van der Waals surface area contributed by atoms with Crippen molar-refractivity contribution in [1.82, 2.24) is 4.98 Å². The number of hydrogen-bond acceptors (Lipinski definition) is 5. The molecular weight excluding hydrogens is 314 g/mol. The highest BCUT2D eigenvalue weighted by Crippen LogP contribution is 2.31. The number of thiazole rings is 1. The van der Waals surface area contributed by atoms with Crippen LogP contribution in [0, 0.1) is 0 Å². The van der Waals surface area contributed by atoms with Crippen molar-refractivity contribution in [2.45, 2.75) is 26.3 Å². The van der Waals surface area contributed by atoms with Crippen molar-refractivity contribution in [3.63, 3.8) is 0 Å². The van der Waals surface area contributed by atoms with Gasteiger partial charge in [-0.3, -0.25) is 4.90 Å². The Morgan fingerprint density at radius 1 is 1.35 bits per heavy atom. The number of carbonyl (C=O) groups excluding carboxylic acids is 1. The van der Waals surface area contributed by atoms with E-state index >= 15 is 0 Å². The Kier molecular flexibility index (Phi) is 5.44. The Balaban J connectivity index is 2.34. The Labute approximate surface area is 139 Å². The summed E-state index contributed by atoms with van der Waals surface area (Å²) in [5.74, 6) is 1.70. The van der Waals surface area contributed by atoms with E-state index in [1.165, 1.54) is 16.2 Å². The lowest BCUT2D eigenvalue weighted by Crippen LogP contribution is -2.35. The van der Waals surface area contributed by atoms with Gasteiger partial charge in [-0.15, -0.1) is 11.3 Å². The molecule has 7 heteroatoms. The third-order valence-corrected chi connectivity index (χ3v) is 4.71. The molecule has 0 saturated carbocycles. The van der Waals surface area contributed by atoms with Gasteiger partial charge in [0.2, 0.25) is 0 Å². The number of anilines is 1. The first-order valence-corrected chi connectivity index (χ1v) is 8.01. The van der Waals surface area contributed by atoms with E-state index in [0.717, 1.165) is 10.4 Å². The number of hydrogen-bond donors (Lipinski definition) is 1. The Bertz CT molecular complexity index is 685. The number of urea groups is 1. The van der Waals surface area contributed by atoms with Gasteiger partial charge in [0.25, 0.3) is 0 Å². The number of nitrogens with two attached hydrogens (primary N) is 1. The molecule has 1 aromatic heterocycles. The third-order valence-electron chi connectivity index (χ3n) is 3.39. The molecule has 0 aliphatic heterocycles. The van der Waals surface area contributed by atoms with Crippen molar-refractivity contribution in [3.05, 3.63) is 34.8 Å². The zero-order chi connectivity index (χ0) is 17.0. The zero-order valence-electron chi connectivity index (χ0n) is 13.7. The summed E-state index contributed by atoms with van der Waals surface area (Å²) in [6.45, 7) is 4.43. The molecule has 0 aliphatic carbocycles. The van der Waals surface area contributed by atoms with Gasteiger partial charge in [-0.1, -0.05) is 13.8 Å². The minimum absolute atomic E-state index is 0.265. The SMILES string of the molecule is COc1ccc(OC)c(CN(C(N)=O)c2ncc(C(C)C)s2)c1. The van der Waals surface area contributed by atoms with Crippen LogP contribution in [-0.2, 0) is 6.54 Å². The molecule has 0 unspecified atom stereocenters. The van der Waals surface area contributed by atoms with Gasteiger partial charge >= 0.3 is 6.03 Å². The van der Waals surface area contributed by atoms with Gasteiger partial charge in [0, 0.05) is 16.6 Å². The van der Waals surface area contributed by atoms with Gasteiger partial charge in [-0.25, -0.2) is 9.78 Å². The molecule has 2 aromatic rings. The van der Waals surface area contributed by atoms with Gasteiger partial charge in [-0.2, -0.15) is 0 Å². The first-order valence-electron chi connectivity index (χ1n) is 7.19. The highest BCUT2D eigenvalue weighted by Gasteiger charge is 2.20. The van der Waals surface area contributed by atoms with Crippen molar-refractivity contribution >= 4 is 22.5 Å². The molecule has 0 atom stereocenters. The second-order valence-electron chi connectivity index (χ2n) is 5.30. The van der Waals surface area contributed by atoms with Crippen LogP contribution in [0.15, 0.2) is 24.4 Å². The van der Waals surface area contributed by atoms with E-state index in [0.29, 0.717) is 22.5 Å². The van der Waals surface area contributed by atoms with Crippen LogP contribution < -0.4 is 20.1 Å². The van der Waals surface area contributed by atoms with Crippen molar-refractivity contribution in [3.8, 4) is 11.5 Å². The summed E-state index contributed by atoms with van der Waals surface area (Å²) in [6.07, 6.45) is 1.78. The number of aromatic nitrogens is 1. The largest absolute Gasteiger partial charge is 0.497 e. The maximum absolute atomic E-state index is 11.9. The molecular formula is C16H21N3O3S. The number of methoxy groups -OCH3 is 2. The number of primary amides is 1. The average Bonchev–Trinajstić information content (AvgIpc) is 3.01. The van der Waals surface area contributed by atoms with E-state index in [1.807, 2.05) is 6.07 Å².